The average molecular weight is 891 g/mol. The van der Waals surface area contributed by atoms with E-state index in [9.17, 15) is 26.4 Å². The molecule has 2 aliphatic heterocycles. The first kappa shape index (κ1) is 39.6. The van der Waals surface area contributed by atoms with Crippen LogP contribution in [0, 0.1) is 0 Å². The number of nitrogens with zero attached hydrogens (tertiary/aromatic N) is 4. The topological polar surface area (TPSA) is 162 Å². The van der Waals surface area contributed by atoms with Crippen molar-refractivity contribution in [2.45, 2.75) is 61.1 Å². The van der Waals surface area contributed by atoms with Crippen LogP contribution in [-0.2, 0) is 24.8 Å². The standard InChI is InChI=1S/C19H23BrClN3O4S.C14H16BrN3O3S/c1-19(2,3)28-18(25)23(4)12-8-9-24(11-12)29(26,27)15-7-5-6-13-16(15)14(20)10-22-17(13)21;1-16-9-5-6-18(8-9)22(20,21)12-4-2-3-10-13(12)11(15)7-17-14(10)19/h5-7,10,12H,8-9,11H2,1-4H3;2-4,7,9,16H,5-6,8H2,1H3,(H,17,19)/t12-;9-/m11/s1. The van der Waals surface area contributed by atoms with E-state index in [0.29, 0.717) is 56.5 Å². The number of sulfonamides is 2. The molecule has 2 atom stereocenters. The van der Waals surface area contributed by atoms with E-state index in [4.69, 9.17) is 16.3 Å². The highest BCUT2D eigenvalue weighted by Crippen LogP contribution is 2.36. The maximum absolute atomic E-state index is 13.4. The fraction of sp³-hybridized carbons (Fsp3) is 0.424. The van der Waals surface area contributed by atoms with Gasteiger partial charge in [-0.1, -0.05) is 29.8 Å². The summed E-state index contributed by atoms with van der Waals surface area (Å²) < 4.78 is 62.0. The lowest BCUT2D eigenvalue weighted by Crippen LogP contribution is -2.42. The molecule has 1 amide bonds. The normalized spacial score (nSPS) is 18.9. The minimum Gasteiger partial charge on any atom is -0.444 e. The molecular formula is C33H39Br2ClN6O7S2. The van der Waals surface area contributed by atoms with Gasteiger partial charge in [0.25, 0.3) is 5.56 Å². The van der Waals surface area contributed by atoms with Crippen molar-refractivity contribution in [3.05, 3.63) is 73.2 Å². The highest BCUT2D eigenvalue weighted by atomic mass is 79.9. The van der Waals surface area contributed by atoms with Gasteiger partial charge in [-0.15, -0.1) is 0 Å². The third kappa shape index (κ3) is 8.30. The molecule has 2 N–H and O–H groups in total. The Morgan fingerprint density at radius 2 is 1.53 bits per heavy atom. The first-order chi connectivity index (χ1) is 23.9. The summed E-state index contributed by atoms with van der Waals surface area (Å²) in [5, 5.41) is 5.19. The highest BCUT2D eigenvalue weighted by molar-refractivity contribution is 9.11. The van der Waals surface area contributed by atoms with Gasteiger partial charge in [0.1, 0.15) is 10.8 Å². The van der Waals surface area contributed by atoms with Crippen LogP contribution in [0.3, 0.4) is 0 Å². The van der Waals surface area contributed by atoms with Crippen molar-refractivity contribution in [1.82, 2.24) is 28.8 Å². The van der Waals surface area contributed by atoms with Crippen LogP contribution in [0.4, 0.5) is 4.79 Å². The second-order valence-corrected chi connectivity index (χ2v) is 19.1. The van der Waals surface area contributed by atoms with Gasteiger partial charge >= 0.3 is 6.09 Å². The molecule has 4 heterocycles. The number of benzene rings is 2. The second kappa shape index (κ2) is 15.4. The van der Waals surface area contributed by atoms with E-state index in [1.807, 2.05) is 7.05 Å². The van der Waals surface area contributed by atoms with Gasteiger partial charge in [-0.2, -0.15) is 8.61 Å². The minimum absolute atomic E-state index is 0.159. The Bertz CT molecular complexity index is 2250. The van der Waals surface area contributed by atoms with E-state index in [0.717, 1.165) is 6.42 Å². The SMILES string of the molecule is CN(C(=O)OC(C)(C)C)[C@@H]1CCN(S(=O)(=O)c2cccc3c(Cl)ncc(Br)c23)C1.CN[C@@H]1CCN(S(=O)(=O)c2cccc3c(=O)[nH]cc(Br)c23)C1. The first-order valence-corrected chi connectivity index (χ1v) is 20.9. The first-order valence-electron chi connectivity index (χ1n) is 16.0. The number of hydrogen-bond acceptors (Lipinski definition) is 9. The van der Waals surface area contributed by atoms with Gasteiger partial charge < -0.3 is 19.9 Å². The fourth-order valence-corrected chi connectivity index (χ4v) is 11.0. The van der Waals surface area contributed by atoms with Crippen LogP contribution < -0.4 is 10.9 Å². The van der Waals surface area contributed by atoms with Crippen LogP contribution in [0.25, 0.3) is 21.5 Å². The van der Waals surface area contributed by atoms with Crippen LogP contribution in [0.15, 0.2) is 72.3 Å². The number of amides is 1. The maximum Gasteiger partial charge on any atom is 0.410 e. The number of nitrogens with one attached hydrogen (secondary N) is 2. The number of ether oxygens (including phenoxy) is 1. The van der Waals surface area contributed by atoms with Gasteiger partial charge in [-0.25, -0.2) is 26.6 Å². The van der Waals surface area contributed by atoms with E-state index in [2.05, 4.69) is 47.1 Å². The zero-order valence-corrected chi connectivity index (χ0v) is 34.2. The molecule has 18 heteroatoms. The van der Waals surface area contributed by atoms with Gasteiger partial charge in [0.05, 0.1) is 9.79 Å². The Kier molecular flexibility index (Phi) is 11.9. The molecule has 2 aromatic carbocycles. The van der Waals surface area contributed by atoms with Crippen molar-refractivity contribution in [2.75, 3.05) is 40.3 Å². The molecule has 0 spiro atoms. The Hall–Kier alpha value is -2.64. The van der Waals surface area contributed by atoms with E-state index >= 15 is 0 Å². The summed E-state index contributed by atoms with van der Waals surface area (Å²) in [6.07, 6.45) is 3.81. The molecular weight excluding hydrogens is 852 g/mol. The number of aromatic nitrogens is 2. The number of likely N-dealkylation sites (N-methyl/N-ethyl adjacent to an activating group) is 2. The number of halogens is 3. The average Bonchev–Trinajstić information content (AvgIpc) is 3.79. The molecule has 2 saturated heterocycles. The Morgan fingerprint density at radius 1 is 0.961 bits per heavy atom. The Balaban J connectivity index is 0.000000205. The van der Waals surface area contributed by atoms with E-state index in [-0.39, 0.29) is 39.1 Å². The van der Waals surface area contributed by atoms with Gasteiger partial charge in [0.15, 0.2) is 0 Å². The van der Waals surface area contributed by atoms with Crippen LogP contribution in [0.2, 0.25) is 5.15 Å². The molecule has 0 saturated carbocycles. The monoisotopic (exact) mass is 888 g/mol. The summed E-state index contributed by atoms with van der Waals surface area (Å²) >= 11 is 12.9. The number of rotatable bonds is 6. The van der Waals surface area contributed by atoms with E-state index in [1.165, 1.54) is 25.9 Å². The summed E-state index contributed by atoms with van der Waals surface area (Å²) in [7, 11) is -3.97. The zero-order valence-electron chi connectivity index (χ0n) is 28.6. The summed E-state index contributed by atoms with van der Waals surface area (Å²) in [5.41, 5.74) is -0.914. The summed E-state index contributed by atoms with van der Waals surface area (Å²) in [4.78, 5) is 32.7. The quantitative estimate of drug-likeness (QED) is 0.237. The molecule has 0 bridgehead atoms. The molecule has 2 aromatic heterocycles. The van der Waals surface area contributed by atoms with Crippen molar-refractivity contribution in [2.24, 2.45) is 0 Å². The van der Waals surface area contributed by atoms with Crippen molar-refractivity contribution >= 4 is 91.1 Å². The highest BCUT2D eigenvalue weighted by Gasteiger charge is 2.38. The number of carbonyl (C=O) groups excluding carboxylic acids is 1. The Morgan fingerprint density at radius 3 is 2.12 bits per heavy atom. The molecule has 2 fully saturated rings. The molecule has 6 rings (SSSR count). The van der Waals surface area contributed by atoms with Gasteiger partial charge in [0, 0.05) is 88.2 Å². The Labute approximate surface area is 319 Å². The molecule has 2 aliphatic rings. The maximum atomic E-state index is 13.4. The minimum atomic E-state index is -3.79. The molecule has 276 valence electrons. The lowest BCUT2D eigenvalue weighted by atomic mass is 10.2. The second-order valence-electron chi connectivity index (χ2n) is 13.3. The number of fused-ring (bicyclic) bond motifs is 2. The number of aromatic amines is 1. The number of H-pyrrole nitrogens is 1. The van der Waals surface area contributed by atoms with E-state index < -0.39 is 31.7 Å². The fourth-order valence-electron chi connectivity index (χ4n) is 6.06. The molecule has 0 radical (unpaired) electrons. The van der Waals surface area contributed by atoms with Gasteiger partial charge in [-0.3, -0.25) is 4.79 Å². The molecule has 4 aromatic rings. The van der Waals surface area contributed by atoms with Crippen LogP contribution >= 0.6 is 43.5 Å². The molecule has 13 nitrogen and oxygen atoms in total. The third-order valence-electron chi connectivity index (χ3n) is 8.77. The molecule has 51 heavy (non-hydrogen) atoms. The number of hydrogen-bond donors (Lipinski definition) is 2. The van der Waals surface area contributed by atoms with Gasteiger partial charge in [0.2, 0.25) is 20.0 Å². The predicted molar refractivity (Wildman–Crippen MR) is 204 cm³/mol. The van der Waals surface area contributed by atoms with Crippen molar-refractivity contribution < 1.29 is 26.4 Å². The summed E-state index contributed by atoms with van der Waals surface area (Å²) in [6.45, 7) is 6.81. The number of carbonyl (C=O) groups is 1. The summed E-state index contributed by atoms with van der Waals surface area (Å²) in [5.74, 6) is 0. The molecule has 0 aliphatic carbocycles. The lowest BCUT2D eigenvalue weighted by molar-refractivity contribution is 0.0232. The smallest absolute Gasteiger partial charge is 0.410 e. The van der Waals surface area contributed by atoms with Crippen LogP contribution in [0.1, 0.15) is 33.6 Å². The molecule has 0 unspecified atom stereocenters. The van der Waals surface area contributed by atoms with Crippen LogP contribution in [0.5, 0.6) is 0 Å². The third-order valence-corrected chi connectivity index (χ3v) is 14.1. The van der Waals surface area contributed by atoms with E-state index in [1.54, 1.807) is 64.2 Å². The number of pyridine rings is 2. The van der Waals surface area contributed by atoms with Crippen LogP contribution in [-0.4, -0.2) is 104 Å². The summed E-state index contributed by atoms with van der Waals surface area (Å²) in [6, 6.07) is 9.62. The van der Waals surface area contributed by atoms with Gasteiger partial charge in [-0.05, 0) is 90.7 Å². The lowest BCUT2D eigenvalue weighted by Gasteiger charge is -2.28. The predicted octanol–water partition coefficient (Wildman–Crippen LogP) is 5.55. The largest absolute Gasteiger partial charge is 0.444 e. The van der Waals surface area contributed by atoms with Crippen molar-refractivity contribution in [3.63, 3.8) is 0 Å². The van der Waals surface area contributed by atoms with Crippen molar-refractivity contribution in [1.29, 1.82) is 0 Å². The van der Waals surface area contributed by atoms with Crippen molar-refractivity contribution in [3.8, 4) is 0 Å². The zero-order chi connectivity index (χ0) is 37.5.